The molecule has 0 radical (unpaired) electrons. The summed E-state index contributed by atoms with van der Waals surface area (Å²) in [6.45, 7) is 2.30. The molecule has 2 aromatic carbocycles. The molecule has 29 heavy (non-hydrogen) atoms. The highest BCUT2D eigenvalue weighted by Gasteiger charge is 2.13. The van der Waals surface area contributed by atoms with E-state index < -0.39 is 0 Å². The van der Waals surface area contributed by atoms with Crippen LogP contribution in [0.5, 0.6) is 5.75 Å². The minimum atomic E-state index is 0.377. The Hall–Kier alpha value is -3.48. The van der Waals surface area contributed by atoms with Crippen molar-refractivity contribution in [3.8, 4) is 17.2 Å². The molecule has 0 aliphatic heterocycles. The molecule has 2 aromatic heterocycles. The van der Waals surface area contributed by atoms with Crippen LogP contribution in [0.15, 0.2) is 59.0 Å². The molecule has 0 amide bonds. The molecule has 0 fully saturated rings. The Kier molecular flexibility index (Phi) is 5.95. The zero-order valence-electron chi connectivity index (χ0n) is 16.3. The Balaban J connectivity index is 1.36. The third-order valence-corrected chi connectivity index (χ3v) is 4.74. The van der Waals surface area contributed by atoms with Crippen LogP contribution < -0.4 is 4.74 Å². The van der Waals surface area contributed by atoms with Gasteiger partial charge in [-0.15, -0.1) is 10.2 Å². The van der Waals surface area contributed by atoms with E-state index in [1.54, 1.807) is 0 Å². The molecule has 7 heteroatoms. The average molecular weight is 389 g/mol. The second-order valence-electron chi connectivity index (χ2n) is 6.82. The van der Waals surface area contributed by atoms with Crippen LogP contribution in [-0.4, -0.2) is 25.6 Å². The number of unbranched alkanes of at least 4 members (excludes halogenated alkanes) is 1. The molecule has 2 heterocycles. The van der Waals surface area contributed by atoms with Crippen LogP contribution in [0.2, 0.25) is 0 Å². The van der Waals surface area contributed by atoms with Gasteiger partial charge >= 0.3 is 0 Å². The van der Waals surface area contributed by atoms with Crippen LogP contribution in [-0.2, 0) is 19.4 Å². The molecule has 0 atom stereocenters. The minimum Gasteiger partial charge on any atom is -0.487 e. The van der Waals surface area contributed by atoms with Gasteiger partial charge in [0.15, 0.2) is 5.82 Å². The van der Waals surface area contributed by atoms with Crippen molar-refractivity contribution in [1.29, 1.82) is 0 Å². The summed E-state index contributed by atoms with van der Waals surface area (Å²) in [5, 5.41) is 14.0. The number of aromatic nitrogens is 5. The average Bonchev–Trinajstić information content (AvgIpc) is 3.41. The number of H-pyrrole nitrogens is 1. The second kappa shape index (κ2) is 9.14. The lowest BCUT2D eigenvalue weighted by Gasteiger charge is -2.10. The minimum absolute atomic E-state index is 0.377. The molecule has 148 valence electrons. The van der Waals surface area contributed by atoms with Gasteiger partial charge in [0.25, 0.3) is 0 Å². The van der Waals surface area contributed by atoms with Crippen LogP contribution in [0, 0.1) is 6.92 Å². The van der Waals surface area contributed by atoms with Crippen LogP contribution in [0.4, 0.5) is 0 Å². The maximum Gasteiger partial charge on any atom is 0.226 e. The predicted molar refractivity (Wildman–Crippen MR) is 108 cm³/mol. The largest absolute Gasteiger partial charge is 0.487 e. The molecule has 4 rings (SSSR count). The molecule has 0 saturated heterocycles. The molecule has 0 aliphatic rings. The van der Waals surface area contributed by atoms with Gasteiger partial charge in [0, 0.05) is 12.0 Å². The van der Waals surface area contributed by atoms with E-state index in [1.807, 2.05) is 55.5 Å². The monoisotopic (exact) mass is 389 g/mol. The number of para-hydroxylation sites is 1. The van der Waals surface area contributed by atoms with Gasteiger partial charge in [-0.1, -0.05) is 41.6 Å². The molecule has 0 aliphatic carbocycles. The van der Waals surface area contributed by atoms with Crippen LogP contribution >= 0.6 is 0 Å². The first-order valence-electron chi connectivity index (χ1n) is 9.74. The highest BCUT2D eigenvalue weighted by atomic mass is 16.5. The first kappa shape index (κ1) is 18.9. The first-order chi connectivity index (χ1) is 14.3. The maximum atomic E-state index is 6.09. The number of benzene rings is 2. The molecule has 0 unspecified atom stereocenters. The third kappa shape index (κ3) is 4.87. The highest BCUT2D eigenvalue weighted by Crippen LogP contribution is 2.25. The Morgan fingerprint density at radius 2 is 1.76 bits per heavy atom. The highest BCUT2D eigenvalue weighted by molar-refractivity contribution is 5.53. The molecule has 7 nitrogen and oxygen atoms in total. The number of rotatable bonds is 9. The van der Waals surface area contributed by atoms with Crippen LogP contribution in [0.1, 0.15) is 35.7 Å². The van der Waals surface area contributed by atoms with E-state index in [9.17, 15) is 0 Å². The molecular formula is C22H23N5O2. The van der Waals surface area contributed by atoms with Gasteiger partial charge in [-0.05, 0) is 49.9 Å². The van der Waals surface area contributed by atoms with E-state index in [-0.39, 0.29) is 0 Å². The molecule has 1 N–H and O–H groups in total. The normalized spacial score (nSPS) is 10.9. The van der Waals surface area contributed by atoms with Crippen molar-refractivity contribution in [2.45, 2.75) is 39.2 Å². The lowest BCUT2D eigenvalue weighted by molar-refractivity contribution is 0.296. The lowest BCUT2D eigenvalue weighted by Crippen LogP contribution is -2.01. The van der Waals surface area contributed by atoms with Gasteiger partial charge in [-0.2, -0.15) is 5.21 Å². The molecule has 0 saturated carbocycles. The molecule has 4 aromatic rings. The van der Waals surface area contributed by atoms with Gasteiger partial charge in [0.05, 0.1) is 0 Å². The third-order valence-electron chi connectivity index (χ3n) is 4.74. The molecular weight excluding hydrogens is 366 g/mol. The summed E-state index contributed by atoms with van der Waals surface area (Å²) in [7, 11) is 0. The van der Waals surface area contributed by atoms with Crippen molar-refractivity contribution in [3.05, 3.63) is 77.4 Å². The Morgan fingerprint density at radius 3 is 2.59 bits per heavy atom. The fraction of sp³-hybridized carbons (Fsp3) is 0.273. The Bertz CT molecular complexity index is 1030. The van der Waals surface area contributed by atoms with Crippen molar-refractivity contribution in [1.82, 2.24) is 25.6 Å². The zero-order valence-corrected chi connectivity index (χ0v) is 16.3. The number of nitrogens with one attached hydrogen (secondary N) is 1. The Labute approximate surface area is 169 Å². The number of aryl methyl sites for hydroxylation is 3. The summed E-state index contributed by atoms with van der Waals surface area (Å²) >= 11 is 0. The Morgan fingerprint density at radius 1 is 0.966 bits per heavy atom. The maximum absolute atomic E-state index is 6.09. The summed E-state index contributed by atoms with van der Waals surface area (Å²) in [6, 6.07) is 18.0. The molecule has 0 spiro atoms. The van der Waals surface area contributed by atoms with E-state index in [2.05, 4.69) is 31.7 Å². The van der Waals surface area contributed by atoms with Gasteiger partial charge in [0.1, 0.15) is 23.8 Å². The summed E-state index contributed by atoms with van der Waals surface area (Å²) in [4.78, 5) is 4.61. The van der Waals surface area contributed by atoms with Crippen LogP contribution in [0.3, 0.4) is 0 Å². The first-order valence-corrected chi connectivity index (χ1v) is 9.74. The SMILES string of the molecule is Cc1oc(-c2ccccc2)nc1COc1ccccc1CCCCc1nn[nH]n1. The summed E-state index contributed by atoms with van der Waals surface area (Å²) in [5.41, 5.74) is 2.96. The zero-order chi connectivity index (χ0) is 19.9. The number of hydrogen-bond acceptors (Lipinski definition) is 6. The number of aromatic amines is 1. The van der Waals surface area contributed by atoms with Crippen molar-refractivity contribution >= 4 is 0 Å². The number of ether oxygens (including phenoxy) is 1. The summed E-state index contributed by atoms with van der Waals surface area (Å²) in [5.74, 6) is 3.04. The number of oxazole rings is 1. The van der Waals surface area contributed by atoms with E-state index in [1.165, 1.54) is 5.56 Å². The van der Waals surface area contributed by atoms with E-state index >= 15 is 0 Å². The van der Waals surface area contributed by atoms with Gasteiger partial charge in [-0.3, -0.25) is 0 Å². The van der Waals surface area contributed by atoms with E-state index in [0.29, 0.717) is 12.5 Å². The van der Waals surface area contributed by atoms with Crippen molar-refractivity contribution in [2.24, 2.45) is 0 Å². The van der Waals surface area contributed by atoms with Crippen molar-refractivity contribution in [2.75, 3.05) is 0 Å². The van der Waals surface area contributed by atoms with Gasteiger partial charge in [-0.25, -0.2) is 4.98 Å². The fourth-order valence-electron chi connectivity index (χ4n) is 3.15. The second-order valence-corrected chi connectivity index (χ2v) is 6.82. The predicted octanol–water partition coefficient (Wildman–Crippen LogP) is 4.31. The van der Waals surface area contributed by atoms with E-state index in [0.717, 1.165) is 54.3 Å². The lowest BCUT2D eigenvalue weighted by atomic mass is 10.1. The quantitative estimate of drug-likeness (QED) is 0.429. The number of hydrogen-bond donors (Lipinski definition) is 1. The van der Waals surface area contributed by atoms with Gasteiger partial charge in [0.2, 0.25) is 5.89 Å². The van der Waals surface area contributed by atoms with Crippen LogP contribution in [0.25, 0.3) is 11.5 Å². The number of tetrazole rings is 1. The van der Waals surface area contributed by atoms with Crippen molar-refractivity contribution in [3.63, 3.8) is 0 Å². The van der Waals surface area contributed by atoms with Gasteiger partial charge < -0.3 is 9.15 Å². The standard InChI is InChI=1S/C22H23N5O2/c1-16-19(23-22(29-16)18-11-3-2-4-12-18)15-28-20-13-7-5-9-17(20)10-6-8-14-21-24-26-27-25-21/h2-5,7,9,11-13H,6,8,10,14-15H2,1H3,(H,24,25,26,27). The summed E-state index contributed by atoms with van der Waals surface area (Å²) in [6.07, 6.45) is 3.77. The number of nitrogens with zero attached hydrogens (tertiary/aromatic N) is 4. The van der Waals surface area contributed by atoms with E-state index in [4.69, 9.17) is 9.15 Å². The summed E-state index contributed by atoms with van der Waals surface area (Å²) < 4.78 is 11.9. The van der Waals surface area contributed by atoms with Crippen molar-refractivity contribution < 1.29 is 9.15 Å². The fourth-order valence-corrected chi connectivity index (χ4v) is 3.15. The smallest absolute Gasteiger partial charge is 0.226 e. The molecule has 0 bridgehead atoms. The topological polar surface area (TPSA) is 89.7 Å².